The summed E-state index contributed by atoms with van der Waals surface area (Å²) < 4.78 is 11.5. The molecule has 0 unspecified atom stereocenters. The second-order valence-corrected chi connectivity index (χ2v) is 10.2. The van der Waals surface area contributed by atoms with Crippen LogP contribution in [-0.4, -0.2) is 37.0 Å². The molecule has 1 fully saturated rings. The van der Waals surface area contributed by atoms with Crippen molar-refractivity contribution in [3.63, 3.8) is 0 Å². The van der Waals surface area contributed by atoms with Crippen molar-refractivity contribution >= 4 is 70.1 Å². The van der Waals surface area contributed by atoms with E-state index in [-0.39, 0.29) is 28.7 Å². The average molecular weight is 630 g/mol. The Morgan fingerprint density at radius 2 is 1.34 bits per heavy atom. The van der Waals surface area contributed by atoms with E-state index in [1.807, 2.05) is 0 Å². The molecule has 1 saturated heterocycles. The third-order valence-electron chi connectivity index (χ3n) is 6.42. The number of barbiturate groups is 1. The Kier molecular flexibility index (Phi) is 9.28. The number of halogens is 2. The molecule has 0 saturated carbocycles. The fraction of sp³-hybridized carbons (Fsp3) is 0.0909. The molecule has 0 aliphatic carbocycles. The first-order chi connectivity index (χ1) is 21.3. The van der Waals surface area contributed by atoms with Crippen molar-refractivity contribution in [1.29, 1.82) is 0 Å². The average Bonchev–Trinajstić information content (AvgIpc) is 3.01. The Labute approximate surface area is 263 Å². The van der Waals surface area contributed by atoms with Crippen LogP contribution in [0.2, 0.25) is 10.0 Å². The fourth-order valence-corrected chi connectivity index (χ4v) is 4.92. The second-order valence-electron chi connectivity index (χ2n) is 9.37. The van der Waals surface area contributed by atoms with Gasteiger partial charge >= 0.3 is 6.03 Å². The summed E-state index contributed by atoms with van der Waals surface area (Å²) in [6.45, 7) is 1.58. The van der Waals surface area contributed by atoms with Crippen LogP contribution in [0.4, 0.5) is 21.9 Å². The van der Waals surface area contributed by atoms with Crippen LogP contribution < -0.4 is 24.6 Å². The predicted molar refractivity (Wildman–Crippen MR) is 169 cm³/mol. The molecule has 1 aliphatic rings. The molecule has 0 bridgehead atoms. The number of carbonyl (C=O) groups excluding carboxylic acids is 4. The van der Waals surface area contributed by atoms with E-state index >= 15 is 0 Å². The van der Waals surface area contributed by atoms with Crippen molar-refractivity contribution < 1.29 is 28.7 Å². The van der Waals surface area contributed by atoms with Crippen molar-refractivity contribution in [2.45, 2.75) is 6.92 Å². The highest BCUT2D eigenvalue weighted by Gasteiger charge is 2.43. The molecule has 5 rings (SSSR count). The van der Waals surface area contributed by atoms with Crippen molar-refractivity contribution in [2.75, 3.05) is 28.3 Å². The maximum Gasteiger partial charge on any atom is 0.343 e. The second kappa shape index (κ2) is 13.5. The number of nitrogens with zero attached hydrogens (tertiary/aromatic N) is 2. The number of carbonyl (C=O) groups is 4. The van der Waals surface area contributed by atoms with Crippen LogP contribution in [0.15, 0.2) is 103 Å². The lowest BCUT2D eigenvalue weighted by molar-refractivity contribution is -0.121. The Hall–Kier alpha value is -5.12. The molecular formula is C33H25Cl2N3O6. The number of para-hydroxylation sites is 3. The van der Waals surface area contributed by atoms with E-state index in [9.17, 15) is 19.2 Å². The van der Waals surface area contributed by atoms with Crippen LogP contribution in [0.3, 0.4) is 0 Å². The maximum atomic E-state index is 13.7. The molecule has 0 aromatic heterocycles. The fourth-order valence-electron chi connectivity index (χ4n) is 4.47. The lowest BCUT2D eigenvalue weighted by atomic mass is 10.0. The SMILES string of the molecule is CCOc1cc(C=C2C(=O)N(c3ccccc3)C(=O)N(c3ccccc3)C2=O)cc(Cl)c1OCC(=O)Nc1ccccc1Cl. The van der Waals surface area contributed by atoms with Crippen molar-refractivity contribution in [3.05, 3.63) is 118 Å². The molecule has 0 spiro atoms. The third kappa shape index (κ3) is 6.44. The van der Waals surface area contributed by atoms with Gasteiger partial charge < -0.3 is 14.8 Å². The number of hydrogen-bond donors (Lipinski definition) is 1. The number of ether oxygens (including phenoxy) is 2. The highest BCUT2D eigenvalue weighted by atomic mass is 35.5. The zero-order valence-electron chi connectivity index (χ0n) is 23.3. The normalized spacial score (nSPS) is 13.2. The molecule has 11 heteroatoms. The molecule has 1 heterocycles. The quantitative estimate of drug-likeness (QED) is 0.158. The number of amides is 5. The minimum atomic E-state index is -0.804. The van der Waals surface area contributed by atoms with E-state index in [1.165, 1.54) is 18.2 Å². The number of urea groups is 1. The van der Waals surface area contributed by atoms with Crippen molar-refractivity contribution in [2.24, 2.45) is 0 Å². The van der Waals surface area contributed by atoms with Gasteiger partial charge in [-0.2, -0.15) is 0 Å². The minimum absolute atomic E-state index is 0.0694. The highest BCUT2D eigenvalue weighted by molar-refractivity contribution is 6.46. The summed E-state index contributed by atoms with van der Waals surface area (Å²) in [5.41, 5.74) is 1.08. The standard InChI is InChI=1S/C33H25Cl2N3O6/c1-2-43-28-19-21(18-26(35)30(28)44-20-29(39)36-27-16-10-9-15-25(27)34)17-24-31(40)37(22-11-5-3-6-12-22)33(42)38(32(24)41)23-13-7-4-8-14-23/h3-19H,2,20H2,1H3,(H,36,39). The van der Waals surface area contributed by atoms with E-state index in [0.717, 1.165) is 9.80 Å². The number of hydrogen-bond acceptors (Lipinski definition) is 6. The van der Waals surface area contributed by atoms with Gasteiger partial charge in [-0.15, -0.1) is 0 Å². The molecule has 5 amide bonds. The van der Waals surface area contributed by atoms with Gasteiger partial charge in [-0.3, -0.25) is 14.4 Å². The molecular weight excluding hydrogens is 605 g/mol. The Morgan fingerprint density at radius 3 is 1.91 bits per heavy atom. The van der Waals surface area contributed by atoms with Crippen LogP contribution in [0, 0.1) is 0 Å². The maximum absolute atomic E-state index is 13.7. The molecule has 1 N–H and O–H groups in total. The van der Waals surface area contributed by atoms with E-state index in [0.29, 0.717) is 27.6 Å². The number of anilines is 3. The van der Waals surface area contributed by atoms with Crippen molar-refractivity contribution in [3.8, 4) is 11.5 Å². The Bertz CT molecular complexity index is 1700. The summed E-state index contributed by atoms with van der Waals surface area (Å²) >= 11 is 12.7. The largest absolute Gasteiger partial charge is 0.490 e. The van der Waals surface area contributed by atoms with Crippen LogP contribution in [0.25, 0.3) is 6.08 Å². The Balaban J connectivity index is 1.48. The first-order valence-electron chi connectivity index (χ1n) is 13.5. The summed E-state index contributed by atoms with van der Waals surface area (Å²) in [5.74, 6) is -1.80. The summed E-state index contributed by atoms with van der Waals surface area (Å²) in [6.07, 6.45) is 1.34. The predicted octanol–water partition coefficient (Wildman–Crippen LogP) is 6.99. The molecule has 9 nitrogen and oxygen atoms in total. The van der Waals surface area contributed by atoms with Crippen LogP contribution >= 0.6 is 23.2 Å². The summed E-state index contributed by atoms with van der Waals surface area (Å²) in [5, 5.41) is 3.11. The van der Waals surface area contributed by atoms with E-state index in [1.54, 1.807) is 91.9 Å². The van der Waals surface area contributed by atoms with Gasteiger partial charge in [0.05, 0.1) is 33.7 Å². The Morgan fingerprint density at radius 1 is 0.773 bits per heavy atom. The number of nitrogens with one attached hydrogen (secondary N) is 1. The molecule has 222 valence electrons. The highest BCUT2D eigenvalue weighted by Crippen LogP contribution is 2.38. The molecule has 44 heavy (non-hydrogen) atoms. The third-order valence-corrected chi connectivity index (χ3v) is 7.03. The topological polar surface area (TPSA) is 105 Å². The number of rotatable bonds is 9. The lowest BCUT2D eigenvalue weighted by Crippen LogP contribution is -2.57. The van der Waals surface area contributed by atoms with E-state index < -0.39 is 30.4 Å². The van der Waals surface area contributed by atoms with Crippen LogP contribution in [0.1, 0.15) is 12.5 Å². The first-order valence-corrected chi connectivity index (χ1v) is 14.2. The van der Waals surface area contributed by atoms with Crippen LogP contribution in [0.5, 0.6) is 11.5 Å². The van der Waals surface area contributed by atoms with Gasteiger partial charge in [-0.05, 0) is 67.1 Å². The summed E-state index contributed by atoms with van der Waals surface area (Å²) in [4.78, 5) is 55.3. The zero-order chi connectivity index (χ0) is 31.2. The van der Waals surface area contributed by atoms with Gasteiger partial charge in [-0.25, -0.2) is 14.6 Å². The number of imide groups is 2. The lowest BCUT2D eigenvalue weighted by Gasteiger charge is -2.34. The monoisotopic (exact) mass is 629 g/mol. The van der Waals surface area contributed by atoms with Gasteiger partial charge in [0.15, 0.2) is 18.1 Å². The van der Waals surface area contributed by atoms with Gasteiger partial charge in [-0.1, -0.05) is 71.7 Å². The minimum Gasteiger partial charge on any atom is -0.490 e. The van der Waals surface area contributed by atoms with Gasteiger partial charge in [0, 0.05) is 0 Å². The zero-order valence-corrected chi connectivity index (χ0v) is 24.8. The molecule has 1 aliphatic heterocycles. The first kappa shape index (κ1) is 30.3. The summed E-state index contributed by atoms with van der Waals surface area (Å²) in [6, 6.07) is 25.6. The van der Waals surface area contributed by atoms with Crippen LogP contribution in [-0.2, 0) is 14.4 Å². The van der Waals surface area contributed by atoms with Crippen molar-refractivity contribution in [1.82, 2.24) is 0 Å². The van der Waals surface area contributed by atoms with E-state index in [4.69, 9.17) is 32.7 Å². The van der Waals surface area contributed by atoms with Gasteiger partial charge in [0.2, 0.25) is 0 Å². The molecule has 4 aromatic carbocycles. The molecule has 4 aromatic rings. The number of benzene rings is 4. The van der Waals surface area contributed by atoms with Gasteiger partial charge in [0.25, 0.3) is 17.7 Å². The smallest absolute Gasteiger partial charge is 0.343 e. The van der Waals surface area contributed by atoms with E-state index in [2.05, 4.69) is 5.32 Å². The van der Waals surface area contributed by atoms with Gasteiger partial charge in [0.1, 0.15) is 5.57 Å². The molecule has 0 atom stereocenters. The summed E-state index contributed by atoms with van der Waals surface area (Å²) in [7, 11) is 0. The molecule has 0 radical (unpaired) electrons.